The van der Waals surface area contributed by atoms with E-state index in [-0.39, 0.29) is 5.56 Å². The van der Waals surface area contributed by atoms with Gasteiger partial charge in [0.2, 0.25) is 0 Å². The molecule has 0 aliphatic rings. The molecular weight excluding hydrogens is 383 g/mol. The Kier molecular flexibility index (Phi) is 4.84. The van der Waals surface area contributed by atoms with Gasteiger partial charge in [0, 0.05) is 21.2 Å². The molecule has 0 bridgehead atoms. The lowest BCUT2D eigenvalue weighted by Gasteiger charge is -2.09. The second kappa shape index (κ2) is 7.43. The topological polar surface area (TPSA) is 55.0 Å². The minimum Gasteiger partial charge on any atom is -0.489 e. The molecule has 0 unspecified atom stereocenters. The van der Waals surface area contributed by atoms with Crippen molar-refractivity contribution in [3.05, 3.63) is 92.7 Å². The number of aromatic amines is 1. The number of fused-ring (bicyclic) bond motifs is 1. The van der Waals surface area contributed by atoms with E-state index in [2.05, 4.69) is 9.97 Å². The number of para-hydroxylation sites is 1. The van der Waals surface area contributed by atoms with Crippen LogP contribution in [-0.2, 0) is 6.61 Å². The molecule has 0 amide bonds. The van der Waals surface area contributed by atoms with Crippen LogP contribution >= 0.6 is 23.2 Å². The van der Waals surface area contributed by atoms with Gasteiger partial charge in [-0.2, -0.15) is 0 Å². The molecule has 0 radical (unpaired) electrons. The van der Waals surface area contributed by atoms with Gasteiger partial charge in [-0.25, -0.2) is 4.98 Å². The molecule has 4 aromatic rings. The maximum absolute atomic E-state index is 12.2. The molecule has 0 saturated carbocycles. The van der Waals surface area contributed by atoms with Gasteiger partial charge in [-0.1, -0.05) is 41.4 Å². The third kappa shape index (κ3) is 3.82. The average molecular weight is 397 g/mol. The fourth-order valence-corrected chi connectivity index (χ4v) is 3.20. The Bertz CT molecular complexity index is 1170. The van der Waals surface area contributed by atoms with Crippen LogP contribution in [0.25, 0.3) is 22.3 Å². The maximum Gasteiger partial charge on any atom is 0.259 e. The third-order valence-electron chi connectivity index (χ3n) is 4.15. The van der Waals surface area contributed by atoms with E-state index in [1.54, 1.807) is 18.2 Å². The Morgan fingerprint density at radius 1 is 0.963 bits per heavy atom. The van der Waals surface area contributed by atoms with Gasteiger partial charge in [-0.15, -0.1) is 0 Å². The van der Waals surface area contributed by atoms with Crippen LogP contribution in [0.1, 0.15) is 5.56 Å². The molecule has 1 aromatic heterocycles. The van der Waals surface area contributed by atoms with Crippen LogP contribution in [0.15, 0.2) is 71.5 Å². The van der Waals surface area contributed by atoms with Crippen molar-refractivity contribution in [2.45, 2.75) is 6.61 Å². The smallest absolute Gasteiger partial charge is 0.259 e. The molecule has 0 aliphatic heterocycles. The van der Waals surface area contributed by atoms with Gasteiger partial charge in [0.05, 0.1) is 10.9 Å². The molecule has 134 valence electrons. The standard InChI is InChI=1S/C21H14Cl2N2O2/c22-15-8-5-14(18(23)11-15)12-27-16-9-6-13(7-10-16)20-24-19-4-2-1-3-17(19)21(26)25-20/h1-11H,12H2,(H,24,25,26). The predicted molar refractivity (Wildman–Crippen MR) is 109 cm³/mol. The van der Waals surface area contributed by atoms with Gasteiger partial charge in [0.15, 0.2) is 0 Å². The summed E-state index contributed by atoms with van der Waals surface area (Å²) < 4.78 is 5.78. The number of H-pyrrole nitrogens is 1. The van der Waals surface area contributed by atoms with Crippen molar-refractivity contribution in [3.8, 4) is 17.1 Å². The van der Waals surface area contributed by atoms with Gasteiger partial charge in [-0.3, -0.25) is 4.79 Å². The van der Waals surface area contributed by atoms with Crippen LogP contribution in [0.3, 0.4) is 0 Å². The van der Waals surface area contributed by atoms with Crippen LogP contribution in [0.5, 0.6) is 5.75 Å². The average Bonchev–Trinajstić information content (AvgIpc) is 2.68. The van der Waals surface area contributed by atoms with E-state index in [4.69, 9.17) is 27.9 Å². The molecule has 0 fully saturated rings. The Balaban J connectivity index is 1.54. The molecule has 3 aromatic carbocycles. The fourth-order valence-electron chi connectivity index (χ4n) is 2.73. The first-order chi connectivity index (χ1) is 13.1. The summed E-state index contributed by atoms with van der Waals surface area (Å²) in [6.45, 7) is 0.334. The van der Waals surface area contributed by atoms with Crippen molar-refractivity contribution in [2.75, 3.05) is 0 Å². The number of nitrogens with one attached hydrogen (secondary N) is 1. The Morgan fingerprint density at radius 2 is 1.74 bits per heavy atom. The number of hydrogen-bond donors (Lipinski definition) is 1. The highest BCUT2D eigenvalue weighted by Crippen LogP contribution is 2.24. The van der Waals surface area contributed by atoms with Crippen LogP contribution in [0.4, 0.5) is 0 Å². The van der Waals surface area contributed by atoms with Crippen molar-refractivity contribution < 1.29 is 4.74 Å². The molecule has 4 rings (SSSR count). The van der Waals surface area contributed by atoms with Gasteiger partial charge in [0.1, 0.15) is 18.2 Å². The predicted octanol–water partition coefficient (Wildman–Crippen LogP) is 5.48. The number of benzene rings is 3. The molecular formula is C21H14Cl2N2O2. The number of aromatic nitrogens is 2. The highest BCUT2D eigenvalue weighted by atomic mass is 35.5. The van der Waals surface area contributed by atoms with Crippen molar-refractivity contribution in [2.24, 2.45) is 0 Å². The molecule has 6 heteroatoms. The van der Waals surface area contributed by atoms with Gasteiger partial charge in [0.25, 0.3) is 5.56 Å². The largest absolute Gasteiger partial charge is 0.489 e. The molecule has 1 N–H and O–H groups in total. The van der Waals surface area contributed by atoms with Crippen molar-refractivity contribution in [1.82, 2.24) is 9.97 Å². The summed E-state index contributed by atoms with van der Waals surface area (Å²) in [5, 5.41) is 1.73. The first-order valence-electron chi connectivity index (χ1n) is 8.26. The highest BCUT2D eigenvalue weighted by Gasteiger charge is 2.07. The molecule has 0 atom stereocenters. The number of hydrogen-bond acceptors (Lipinski definition) is 3. The second-order valence-corrected chi connectivity index (χ2v) is 6.82. The fraction of sp³-hybridized carbons (Fsp3) is 0.0476. The Hall–Kier alpha value is -2.82. The summed E-state index contributed by atoms with van der Waals surface area (Å²) in [7, 11) is 0. The second-order valence-electron chi connectivity index (χ2n) is 5.98. The number of nitrogens with zero attached hydrogens (tertiary/aromatic N) is 1. The third-order valence-corrected chi connectivity index (χ3v) is 4.74. The summed E-state index contributed by atoms with van der Waals surface area (Å²) in [5.41, 5.74) is 2.16. The molecule has 4 nitrogen and oxygen atoms in total. The monoisotopic (exact) mass is 396 g/mol. The number of rotatable bonds is 4. The summed E-state index contributed by atoms with van der Waals surface area (Å²) in [4.78, 5) is 19.6. The minimum absolute atomic E-state index is 0.159. The highest BCUT2D eigenvalue weighted by molar-refractivity contribution is 6.35. The Morgan fingerprint density at radius 3 is 2.52 bits per heavy atom. The van der Waals surface area contributed by atoms with Gasteiger partial charge >= 0.3 is 0 Å². The van der Waals surface area contributed by atoms with Crippen molar-refractivity contribution in [3.63, 3.8) is 0 Å². The van der Waals surface area contributed by atoms with Crippen molar-refractivity contribution >= 4 is 34.1 Å². The number of halogens is 2. The van der Waals surface area contributed by atoms with Crippen LogP contribution in [-0.4, -0.2) is 9.97 Å². The van der Waals surface area contributed by atoms with Gasteiger partial charge in [-0.05, 0) is 48.5 Å². The van der Waals surface area contributed by atoms with E-state index in [1.165, 1.54) is 0 Å². The summed E-state index contributed by atoms with van der Waals surface area (Å²) in [6.07, 6.45) is 0. The minimum atomic E-state index is -0.159. The molecule has 0 saturated heterocycles. The maximum atomic E-state index is 12.2. The van der Waals surface area contributed by atoms with Crippen LogP contribution in [0.2, 0.25) is 10.0 Å². The molecule has 1 heterocycles. The quantitative estimate of drug-likeness (QED) is 0.497. The van der Waals surface area contributed by atoms with E-state index in [0.29, 0.717) is 39.1 Å². The zero-order chi connectivity index (χ0) is 18.8. The summed E-state index contributed by atoms with van der Waals surface area (Å²) >= 11 is 12.1. The first kappa shape index (κ1) is 17.6. The van der Waals surface area contributed by atoms with Crippen molar-refractivity contribution in [1.29, 1.82) is 0 Å². The molecule has 0 spiro atoms. The molecule has 0 aliphatic carbocycles. The Labute approximate surface area is 165 Å². The van der Waals surface area contributed by atoms with E-state index in [1.807, 2.05) is 48.5 Å². The van der Waals surface area contributed by atoms with E-state index < -0.39 is 0 Å². The normalized spacial score (nSPS) is 10.9. The zero-order valence-corrected chi connectivity index (χ0v) is 15.6. The lowest BCUT2D eigenvalue weighted by Crippen LogP contribution is -2.09. The van der Waals surface area contributed by atoms with Gasteiger partial charge < -0.3 is 9.72 Å². The van der Waals surface area contributed by atoms with E-state index in [0.717, 1.165) is 11.1 Å². The van der Waals surface area contributed by atoms with Crippen LogP contribution in [0, 0.1) is 0 Å². The summed E-state index contributed by atoms with van der Waals surface area (Å²) in [5.74, 6) is 1.21. The number of ether oxygens (including phenoxy) is 1. The van der Waals surface area contributed by atoms with E-state index >= 15 is 0 Å². The SMILES string of the molecule is O=c1[nH]c(-c2ccc(OCc3ccc(Cl)cc3Cl)cc2)nc2ccccc12. The molecule has 27 heavy (non-hydrogen) atoms. The lowest BCUT2D eigenvalue weighted by atomic mass is 10.2. The zero-order valence-electron chi connectivity index (χ0n) is 14.1. The first-order valence-corrected chi connectivity index (χ1v) is 9.02. The van der Waals surface area contributed by atoms with E-state index in [9.17, 15) is 4.79 Å². The van der Waals surface area contributed by atoms with Crippen LogP contribution < -0.4 is 10.3 Å². The lowest BCUT2D eigenvalue weighted by molar-refractivity contribution is 0.306. The summed E-state index contributed by atoms with van der Waals surface area (Å²) in [6, 6.07) is 19.9.